The maximum absolute atomic E-state index is 13.0. The van der Waals surface area contributed by atoms with Crippen molar-refractivity contribution in [3.8, 4) is 17.2 Å². The van der Waals surface area contributed by atoms with Crippen LogP contribution in [0.2, 0.25) is 0 Å². The van der Waals surface area contributed by atoms with Gasteiger partial charge in [0.15, 0.2) is 24.4 Å². The molecule has 4 aliphatic rings. The summed E-state index contributed by atoms with van der Waals surface area (Å²) in [4.78, 5) is 15.4. The maximum atomic E-state index is 13.0. The molecule has 6 rings (SSSR count). The first kappa shape index (κ1) is 24.3. The van der Waals surface area contributed by atoms with Crippen LogP contribution in [0.1, 0.15) is 36.0 Å². The number of ether oxygens (including phenoxy) is 5. The molecule has 196 valence electrons. The summed E-state index contributed by atoms with van der Waals surface area (Å²) in [6, 6.07) is 12.5. The molecule has 0 amide bonds. The Balaban J connectivity index is 1.22. The van der Waals surface area contributed by atoms with Crippen molar-refractivity contribution in [2.75, 3.05) is 34.6 Å². The van der Waals surface area contributed by atoms with Crippen LogP contribution in [0.15, 0.2) is 48.6 Å². The van der Waals surface area contributed by atoms with Crippen LogP contribution >= 0.6 is 0 Å². The fourth-order valence-corrected chi connectivity index (χ4v) is 6.99. The monoisotopic (exact) mass is 505 g/mol. The van der Waals surface area contributed by atoms with E-state index in [1.807, 2.05) is 30.3 Å². The summed E-state index contributed by atoms with van der Waals surface area (Å²) >= 11 is 0. The van der Waals surface area contributed by atoms with Crippen LogP contribution in [0.25, 0.3) is 0 Å². The molecule has 0 aromatic heterocycles. The molecule has 2 aliphatic carbocycles. The number of piperidine rings is 1. The van der Waals surface area contributed by atoms with Crippen molar-refractivity contribution >= 4 is 5.97 Å². The normalized spacial score (nSPS) is 28.8. The van der Waals surface area contributed by atoms with Gasteiger partial charge in [0, 0.05) is 36.5 Å². The maximum Gasteiger partial charge on any atom is 0.306 e. The predicted octanol–water partition coefficient (Wildman–Crippen LogP) is 4.06. The van der Waals surface area contributed by atoms with Gasteiger partial charge < -0.3 is 28.6 Å². The molecule has 2 aromatic carbocycles. The first-order chi connectivity index (χ1) is 18.0. The van der Waals surface area contributed by atoms with Crippen LogP contribution < -0.4 is 14.2 Å². The van der Waals surface area contributed by atoms with E-state index in [0.717, 1.165) is 43.7 Å². The second-order valence-electron chi connectivity index (χ2n) is 10.6. The van der Waals surface area contributed by atoms with E-state index in [9.17, 15) is 4.79 Å². The lowest BCUT2D eigenvalue weighted by Crippen LogP contribution is -2.65. The minimum atomic E-state index is -0.428. The van der Waals surface area contributed by atoms with Gasteiger partial charge in [0.2, 0.25) is 0 Å². The Labute approximate surface area is 218 Å². The van der Waals surface area contributed by atoms with E-state index in [2.05, 4.69) is 30.2 Å². The van der Waals surface area contributed by atoms with E-state index in [0.29, 0.717) is 24.1 Å². The van der Waals surface area contributed by atoms with Gasteiger partial charge >= 0.3 is 5.97 Å². The lowest BCUT2D eigenvalue weighted by molar-refractivity contribution is -0.155. The number of carbonyl (C=O) groups is 1. The zero-order chi connectivity index (χ0) is 25.6. The second kappa shape index (κ2) is 9.69. The molecule has 7 heteroatoms. The fourth-order valence-electron chi connectivity index (χ4n) is 6.99. The zero-order valence-corrected chi connectivity index (χ0v) is 21.8. The number of benzene rings is 2. The Morgan fingerprint density at radius 3 is 2.76 bits per heavy atom. The summed E-state index contributed by atoms with van der Waals surface area (Å²) in [6.07, 6.45) is 7.51. The number of likely N-dealkylation sites (N-methyl/N-ethyl adjacent to an activating group) is 1. The first-order valence-electron chi connectivity index (χ1n) is 13.2. The quantitative estimate of drug-likeness (QED) is 0.289. The van der Waals surface area contributed by atoms with Gasteiger partial charge in [-0.2, -0.15) is 0 Å². The Morgan fingerprint density at radius 1 is 1.14 bits per heavy atom. The third-order valence-electron chi connectivity index (χ3n) is 8.72. The Bertz CT molecular complexity index is 1190. The molecule has 37 heavy (non-hydrogen) atoms. The molecule has 7 nitrogen and oxygen atoms in total. The Morgan fingerprint density at radius 2 is 1.97 bits per heavy atom. The number of carbonyl (C=O) groups excluding carboxylic acids is 1. The second-order valence-corrected chi connectivity index (χ2v) is 10.6. The van der Waals surface area contributed by atoms with Crippen molar-refractivity contribution < 1.29 is 28.5 Å². The average molecular weight is 506 g/mol. The standard InChI is InChI=1S/C30H35NO6/c1-31-16-15-30-22-12-14-25(36-26(32)6-4-5-19-7-10-21(34-3)11-8-19)29(30)37-28-24(35-18-33-2)13-9-20(27(28)30)17-23(22)31/h7-14,22-23,25,29H,4-6,15-18H2,1-3H3/t22-,23+,25-,29-,30-/m0/s1. The minimum absolute atomic E-state index is 0.159. The number of hydrogen-bond donors (Lipinski definition) is 0. The van der Waals surface area contributed by atoms with Gasteiger partial charge in [0.05, 0.1) is 7.11 Å². The van der Waals surface area contributed by atoms with E-state index in [4.69, 9.17) is 23.7 Å². The van der Waals surface area contributed by atoms with Crippen LogP contribution in [0, 0.1) is 5.92 Å². The summed E-state index contributed by atoms with van der Waals surface area (Å²) in [5, 5.41) is 0. The van der Waals surface area contributed by atoms with E-state index in [1.54, 1.807) is 14.2 Å². The number of esters is 1. The van der Waals surface area contributed by atoms with E-state index >= 15 is 0 Å². The minimum Gasteiger partial charge on any atom is -0.497 e. The smallest absolute Gasteiger partial charge is 0.306 e. The summed E-state index contributed by atoms with van der Waals surface area (Å²) < 4.78 is 29.1. The van der Waals surface area contributed by atoms with Crippen LogP contribution in [0.3, 0.4) is 0 Å². The molecule has 2 heterocycles. The van der Waals surface area contributed by atoms with Gasteiger partial charge in [-0.1, -0.05) is 24.3 Å². The molecule has 0 unspecified atom stereocenters. The van der Waals surface area contributed by atoms with Crippen molar-refractivity contribution in [3.63, 3.8) is 0 Å². The van der Waals surface area contributed by atoms with Gasteiger partial charge in [-0.15, -0.1) is 0 Å². The van der Waals surface area contributed by atoms with E-state index < -0.39 is 6.10 Å². The molecule has 2 bridgehead atoms. The highest BCUT2D eigenvalue weighted by Gasteiger charge is 2.65. The number of rotatable bonds is 9. The zero-order valence-electron chi connectivity index (χ0n) is 21.8. The van der Waals surface area contributed by atoms with Crippen molar-refractivity contribution in [2.45, 2.75) is 55.8 Å². The van der Waals surface area contributed by atoms with Crippen molar-refractivity contribution in [2.24, 2.45) is 5.92 Å². The molecule has 2 aromatic rings. The largest absolute Gasteiger partial charge is 0.497 e. The van der Waals surface area contributed by atoms with Gasteiger partial charge in [-0.3, -0.25) is 4.79 Å². The van der Waals surface area contributed by atoms with Crippen LogP contribution in [-0.4, -0.2) is 63.7 Å². The molecular formula is C30H35NO6. The highest BCUT2D eigenvalue weighted by molar-refractivity contribution is 5.70. The third-order valence-corrected chi connectivity index (χ3v) is 8.72. The van der Waals surface area contributed by atoms with Crippen LogP contribution in [0.5, 0.6) is 17.2 Å². The van der Waals surface area contributed by atoms with Crippen molar-refractivity contribution in [1.82, 2.24) is 4.90 Å². The van der Waals surface area contributed by atoms with E-state index in [-0.39, 0.29) is 24.3 Å². The molecule has 1 fully saturated rings. The summed E-state index contributed by atoms with van der Waals surface area (Å²) in [7, 11) is 5.49. The number of nitrogens with zero attached hydrogens (tertiary/aromatic N) is 1. The molecule has 1 spiro atoms. The average Bonchev–Trinajstić information content (AvgIpc) is 3.27. The van der Waals surface area contributed by atoms with Crippen LogP contribution in [0.4, 0.5) is 0 Å². The number of aryl methyl sites for hydroxylation is 1. The summed E-state index contributed by atoms with van der Waals surface area (Å²) in [6.45, 7) is 1.14. The van der Waals surface area contributed by atoms with Gasteiger partial charge in [-0.25, -0.2) is 0 Å². The molecule has 0 N–H and O–H groups in total. The SMILES string of the molecule is COCOc1ccc2c3c1O[C@H]1[C@@H](OC(=O)CCCc4ccc(OC)cc4)C=C[C@H]4[C@@H](C2)N(C)CC[C@@]341. The fraction of sp³-hybridized carbons (Fsp3) is 0.500. The topological polar surface area (TPSA) is 66.5 Å². The first-order valence-corrected chi connectivity index (χ1v) is 13.2. The Kier molecular flexibility index (Phi) is 6.37. The van der Waals surface area contributed by atoms with Crippen molar-refractivity contribution in [3.05, 3.63) is 65.2 Å². The van der Waals surface area contributed by atoms with Gasteiger partial charge in [0.1, 0.15) is 11.9 Å². The Hall–Kier alpha value is -3.03. The van der Waals surface area contributed by atoms with Crippen LogP contribution in [-0.2, 0) is 32.5 Å². The highest BCUT2D eigenvalue weighted by Crippen LogP contribution is 2.62. The number of likely N-dealkylation sites (tertiary alicyclic amines) is 1. The predicted molar refractivity (Wildman–Crippen MR) is 138 cm³/mol. The lowest BCUT2D eigenvalue weighted by Gasteiger charge is -2.56. The molecule has 0 radical (unpaired) electrons. The lowest BCUT2D eigenvalue weighted by atomic mass is 9.53. The number of hydrogen-bond acceptors (Lipinski definition) is 7. The van der Waals surface area contributed by atoms with Gasteiger partial charge in [-0.05, 0) is 74.7 Å². The molecule has 5 atom stereocenters. The summed E-state index contributed by atoms with van der Waals surface area (Å²) in [5.74, 6) is 2.46. The highest BCUT2D eigenvalue weighted by atomic mass is 16.7. The molecule has 0 saturated carbocycles. The molecule has 1 saturated heterocycles. The molecule has 2 aliphatic heterocycles. The number of methoxy groups -OCH3 is 2. The van der Waals surface area contributed by atoms with E-state index in [1.165, 1.54) is 16.7 Å². The molecular weight excluding hydrogens is 470 g/mol. The third kappa shape index (κ3) is 3.99. The summed E-state index contributed by atoms with van der Waals surface area (Å²) in [5.41, 5.74) is 3.54. The van der Waals surface area contributed by atoms with Gasteiger partial charge in [0.25, 0.3) is 0 Å². The van der Waals surface area contributed by atoms with Crippen molar-refractivity contribution in [1.29, 1.82) is 0 Å².